The molecule has 1 aromatic carbocycles. The number of carbonyl (C=O) groups is 1. The van der Waals surface area contributed by atoms with Gasteiger partial charge in [-0.05, 0) is 55.5 Å². The molecule has 0 spiro atoms. The average molecular weight is 367 g/mol. The van der Waals surface area contributed by atoms with Gasteiger partial charge in [0.05, 0.1) is 15.3 Å². The summed E-state index contributed by atoms with van der Waals surface area (Å²) in [4.78, 5) is 17.5. The van der Waals surface area contributed by atoms with Crippen LogP contribution in [0.1, 0.15) is 24.5 Å². The topological polar surface area (TPSA) is 42.0 Å². The smallest absolute Gasteiger partial charge is 0.238 e. The first-order chi connectivity index (χ1) is 11.0. The minimum Gasteiger partial charge on any atom is -0.308 e. The van der Waals surface area contributed by atoms with E-state index in [1.54, 1.807) is 6.07 Å². The lowest BCUT2D eigenvalue weighted by Gasteiger charge is -2.13. The molecule has 1 aliphatic rings. The Labute approximate surface area is 149 Å². The SMILES string of the molecule is C[C@@H](Sc1ccc2c(c1)CCC2)C(=O)Nc1ncc(Cl)cc1Cl. The molecule has 6 heteroatoms. The van der Waals surface area contributed by atoms with E-state index in [4.69, 9.17) is 23.2 Å². The molecule has 23 heavy (non-hydrogen) atoms. The number of aryl methyl sites for hydroxylation is 2. The fraction of sp³-hybridized carbons (Fsp3) is 0.294. The number of carbonyl (C=O) groups excluding carboxylic acids is 1. The number of thioether (sulfide) groups is 1. The first-order valence-corrected chi connectivity index (χ1v) is 9.07. The zero-order chi connectivity index (χ0) is 16.4. The van der Waals surface area contributed by atoms with E-state index in [0.29, 0.717) is 15.9 Å². The van der Waals surface area contributed by atoms with Gasteiger partial charge in [-0.15, -0.1) is 11.8 Å². The van der Waals surface area contributed by atoms with Crippen LogP contribution < -0.4 is 5.32 Å². The van der Waals surface area contributed by atoms with E-state index >= 15 is 0 Å². The highest BCUT2D eigenvalue weighted by atomic mass is 35.5. The predicted octanol–water partition coefficient (Wildman–Crippen LogP) is 5.00. The van der Waals surface area contributed by atoms with Crippen LogP contribution in [0.2, 0.25) is 10.0 Å². The number of pyridine rings is 1. The normalized spacial score (nSPS) is 14.4. The number of nitrogens with one attached hydrogen (secondary N) is 1. The molecule has 0 aliphatic heterocycles. The molecule has 1 amide bonds. The maximum atomic E-state index is 12.3. The van der Waals surface area contributed by atoms with Gasteiger partial charge in [0, 0.05) is 11.1 Å². The quantitative estimate of drug-likeness (QED) is 0.774. The summed E-state index contributed by atoms with van der Waals surface area (Å²) in [6, 6.07) is 8.02. The summed E-state index contributed by atoms with van der Waals surface area (Å²) >= 11 is 13.4. The highest BCUT2D eigenvalue weighted by molar-refractivity contribution is 8.00. The molecule has 0 radical (unpaired) electrons. The standard InChI is InChI=1S/C17H16Cl2N2OS/c1-10(17(22)21-16-15(19)8-13(18)9-20-16)23-14-6-5-11-3-2-4-12(11)7-14/h5-10H,2-4H2,1H3,(H,20,21,22)/t10-/m1/s1. The highest BCUT2D eigenvalue weighted by Crippen LogP contribution is 2.30. The number of amides is 1. The van der Waals surface area contributed by atoms with Crippen LogP contribution >= 0.6 is 35.0 Å². The monoisotopic (exact) mass is 366 g/mol. The summed E-state index contributed by atoms with van der Waals surface area (Å²) in [5.74, 6) is 0.203. The van der Waals surface area contributed by atoms with Crippen molar-refractivity contribution in [2.24, 2.45) is 0 Å². The Kier molecular flexibility index (Phi) is 5.14. The van der Waals surface area contributed by atoms with Crippen LogP contribution in [0.3, 0.4) is 0 Å². The minimum absolute atomic E-state index is 0.132. The third kappa shape index (κ3) is 4.00. The van der Waals surface area contributed by atoms with Crippen molar-refractivity contribution < 1.29 is 4.79 Å². The summed E-state index contributed by atoms with van der Waals surface area (Å²) in [6.45, 7) is 1.87. The van der Waals surface area contributed by atoms with Crippen LogP contribution in [0.15, 0.2) is 35.4 Å². The van der Waals surface area contributed by atoms with E-state index in [1.807, 2.05) is 6.92 Å². The fourth-order valence-corrected chi connectivity index (χ4v) is 3.96. The van der Waals surface area contributed by atoms with Crippen molar-refractivity contribution in [1.82, 2.24) is 4.98 Å². The minimum atomic E-state index is -0.247. The van der Waals surface area contributed by atoms with E-state index < -0.39 is 0 Å². The van der Waals surface area contributed by atoms with Crippen molar-refractivity contribution in [3.63, 3.8) is 0 Å². The highest BCUT2D eigenvalue weighted by Gasteiger charge is 2.18. The summed E-state index contributed by atoms with van der Waals surface area (Å²) in [7, 11) is 0. The second kappa shape index (κ2) is 7.12. The van der Waals surface area contributed by atoms with E-state index in [1.165, 1.54) is 35.5 Å². The Morgan fingerprint density at radius 1 is 1.26 bits per heavy atom. The number of anilines is 1. The maximum Gasteiger partial charge on any atom is 0.238 e. The third-order valence-electron chi connectivity index (χ3n) is 3.80. The molecule has 0 saturated heterocycles. The molecule has 0 fully saturated rings. The lowest BCUT2D eigenvalue weighted by Crippen LogP contribution is -2.23. The number of benzene rings is 1. The van der Waals surface area contributed by atoms with Crippen LogP contribution in [0.25, 0.3) is 0 Å². The molecule has 1 atom stereocenters. The molecule has 0 bridgehead atoms. The number of rotatable bonds is 4. The van der Waals surface area contributed by atoms with Crippen molar-refractivity contribution in [3.05, 3.63) is 51.6 Å². The first-order valence-electron chi connectivity index (χ1n) is 7.43. The summed E-state index contributed by atoms with van der Waals surface area (Å²) in [6.07, 6.45) is 4.98. The van der Waals surface area contributed by atoms with Gasteiger partial charge < -0.3 is 5.32 Å². The lowest BCUT2D eigenvalue weighted by molar-refractivity contribution is -0.115. The molecule has 120 valence electrons. The van der Waals surface area contributed by atoms with E-state index in [0.717, 1.165) is 17.7 Å². The van der Waals surface area contributed by atoms with Crippen molar-refractivity contribution in [2.75, 3.05) is 5.32 Å². The molecule has 1 aromatic heterocycles. The molecule has 1 aliphatic carbocycles. The second-order valence-electron chi connectivity index (χ2n) is 5.52. The largest absolute Gasteiger partial charge is 0.308 e. The van der Waals surface area contributed by atoms with Crippen LogP contribution in [-0.2, 0) is 17.6 Å². The van der Waals surface area contributed by atoms with Gasteiger partial charge in [-0.25, -0.2) is 4.98 Å². The Morgan fingerprint density at radius 3 is 2.83 bits per heavy atom. The van der Waals surface area contributed by atoms with Gasteiger partial charge in [0.25, 0.3) is 0 Å². The molecule has 3 rings (SSSR count). The number of fused-ring (bicyclic) bond motifs is 1. The Hall–Kier alpha value is -1.23. The summed E-state index contributed by atoms with van der Waals surface area (Å²) in [5.41, 5.74) is 2.84. The number of hydrogen-bond acceptors (Lipinski definition) is 3. The van der Waals surface area contributed by atoms with Crippen LogP contribution in [-0.4, -0.2) is 16.1 Å². The van der Waals surface area contributed by atoms with E-state index in [9.17, 15) is 4.79 Å². The molecule has 2 aromatic rings. The predicted molar refractivity (Wildman–Crippen MR) is 96.7 cm³/mol. The molecular weight excluding hydrogens is 351 g/mol. The molecular formula is C17H16Cl2N2OS. The van der Waals surface area contributed by atoms with Gasteiger partial charge in [-0.2, -0.15) is 0 Å². The zero-order valence-electron chi connectivity index (χ0n) is 12.6. The zero-order valence-corrected chi connectivity index (χ0v) is 14.9. The first kappa shape index (κ1) is 16.6. The van der Waals surface area contributed by atoms with Gasteiger partial charge in [0.1, 0.15) is 0 Å². The van der Waals surface area contributed by atoms with Crippen molar-refractivity contribution >= 4 is 46.7 Å². The van der Waals surface area contributed by atoms with Gasteiger partial charge in [0.15, 0.2) is 5.82 Å². The molecule has 0 saturated carbocycles. The van der Waals surface area contributed by atoms with Crippen molar-refractivity contribution in [3.8, 4) is 0 Å². The second-order valence-corrected chi connectivity index (χ2v) is 7.78. The van der Waals surface area contributed by atoms with Crippen LogP contribution in [0.4, 0.5) is 5.82 Å². The maximum absolute atomic E-state index is 12.3. The number of halogens is 2. The lowest BCUT2D eigenvalue weighted by atomic mass is 10.1. The Bertz CT molecular complexity index is 751. The molecule has 3 nitrogen and oxygen atoms in total. The van der Waals surface area contributed by atoms with Crippen LogP contribution in [0.5, 0.6) is 0 Å². The summed E-state index contributed by atoms with van der Waals surface area (Å²) < 4.78 is 0. The Morgan fingerprint density at radius 2 is 2.04 bits per heavy atom. The Balaban J connectivity index is 1.65. The van der Waals surface area contributed by atoms with Gasteiger partial charge in [0.2, 0.25) is 5.91 Å². The molecule has 1 N–H and O–H groups in total. The van der Waals surface area contributed by atoms with Crippen LogP contribution in [0, 0.1) is 0 Å². The van der Waals surface area contributed by atoms with Gasteiger partial charge in [-0.3, -0.25) is 4.79 Å². The average Bonchev–Trinajstić information content (AvgIpc) is 2.97. The summed E-state index contributed by atoms with van der Waals surface area (Å²) in [5, 5.41) is 3.27. The third-order valence-corrected chi connectivity index (χ3v) is 5.39. The van der Waals surface area contributed by atoms with Gasteiger partial charge >= 0.3 is 0 Å². The van der Waals surface area contributed by atoms with Gasteiger partial charge in [-0.1, -0.05) is 29.3 Å². The molecule has 1 heterocycles. The van der Waals surface area contributed by atoms with Crippen molar-refractivity contribution in [2.45, 2.75) is 36.3 Å². The molecule has 0 unspecified atom stereocenters. The number of hydrogen-bond donors (Lipinski definition) is 1. The fourth-order valence-electron chi connectivity index (χ4n) is 2.60. The number of nitrogens with zero attached hydrogens (tertiary/aromatic N) is 1. The number of aromatic nitrogens is 1. The van der Waals surface area contributed by atoms with E-state index in [2.05, 4.69) is 28.5 Å². The van der Waals surface area contributed by atoms with Crippen molar-refractivity contribution in [1.29, 1.82) is 0 Å². The van der Waals surface area contributed by atoms with E-state index in [-0.39, 0.29) is 11.2 Å².